The molecule has 4 nitrogen and oxygen atoms in total. The molecule has 0 aromatic heterocycles. The van der Waals surface area contributed by atoms with E-state index in [-0.39, 0.29) is 30.2 Å². The van der Waals surface area contributed by atoms with E-state index < -0.39 is 0 Å². The summed E-state index contributed by atoms with van der Waals surface area (Å²) in [5, 5.41) is 2.75. The van der Waals surface area contributed by atoms with Crippen molar-refractivity contribution in [1.82, 2.24) is 4.90 Å². The van der Waals surface area contributed by atoms with Crippen molar-refractivity contribution >= 4 is 24.0 Å². The quantitative estimate of drug-likeness (QED) is 0.892. The second-order valence-electron chi connectivity index (χ2n) is 5.98. The average molecular weight is 330 g/mol. The lowest BCUT2D eigenvalue weighted by Crippen LogP contribution is -2.42. The zero-order chi connectivity index (χ0) is 15.4. The second kappa shape index (κ2) is 8.46. The van der Waals surface area contributed by atoms with E-state index in [0.717, 1.165) is 25.9 Å². The van der Waals surface area contributed by atoms with Crippen molar-refractivity contribution in [3.05, 3.63) is 29.6 Å². The van der Waals surface area contributed by atoms with Gasteiger partial charge in [0.05, 0.1) is 6.54 Å². The highest BCUT2D eigenvalue weighted by molar-refractivity contribution is 5.92. The third kappa shape index (κ3) is 5.23. The van der Waals surface area contributed by atoms with Crippen molar-refractivity contribution in [3.63, 3.8) is 0 Å². The molecule has 6 heteroatoms. The number of halogens is 2. The van der Waals surface area contributed by atoms with Crippen LogP contribution in [0.25, 0.3) is 0 Å². The third-order valence-electron chi connectivity index (χ3n) is 4.20. The summed E-state index contributed by atoms with van der Waals surface area (Å²) in [5.74, 6) is 0.151. The van der Waals surface area contributed by atoms with Gasteiger partial charge in [-0.15, -0.1) is 12.4 Å². The van der Waals surface area contributed by atoms with Gasteiger partial charge in [-0.1, -0.05) is 6.07 Å². The lowest BCUT2D eigenvalue weighted by Gasteiger charge is -2.33. The summed E-state index contributed by atoms with van der Waals surface area (Å²) in [6, 6.07) is 4.96. The molecule has 1 atom stereocenters. The number of piperidine rings is 1. The van der Waals surface area contributed by atoms with Crippen LogP contribution in [0.15, 0.2) is 18.2 Å². The molecule has 1 aliphatic heterocycles. The summed E-state index contributed by atoms with van der Waals surface area (Å²) in [6.07, 6.45) is 2.06. The van der Waals surface area contributed by atoms with Crippen LogP contribution in [-0.4, -0.2) is 36.5 Å². The van der Waals surface area contributed by atoms with Crippen LogP contribution in [0.5, 0.6) is 0 Å². The van der Waals surface area contributed by atoms with E-state index in [9.17, 15) is 9.18 Å². The van der Waals surface area contributed by atoms with E-state index in [2.05, 4.69) is 10.2 Å². The normalized spacial score (nSPS) is 17.6. The molecule has 0 bridgehead atoms. The Morgan fingerprint density at radius 2 is 2.09 bits per heavy atom. The van der Waals surface area contributed by atoms with Gasteiger partial charge < -0.3 is 11.1 Å². The van der Waals surface area contributed by atoms with Gasteiger partial charge >= 0.3 is 0 Å². The zero-order valence-corrected chi connectivity index (χ0v) is 14.0. The molecule has 124 valence electrons. The van der Waals surface area contributed by atoms with E-state index >= 15 is 0 Å². The molecule has 1 amide bonds. The first-order chi connectivity index (χ1) is 9.95. The summed E-state index contributed by atoms with van der Waals surface area (Å²) in [6.45, 7) is 5.87. The molecule has 1 fully saturated rings. The second-order valence-corrected chi connectivity index (χ2v) is 5.98. The molecule has 0 spiro atoms. The summed E-state index contributed by atoms with van der Waals surface area (Å²) in [5.41, 5.74) is 6.99. The topological polar surface area (TPSA) is 58.4 Å². The van der Waals surface area contributed by atoms with E-state index in [0.29, 0.717) is 23.7 Å². The van der Waals surface area contributed by atoms with E-state index in [1.165, 1.54) is 6.07 Å². The Kier molecular flexibility index (Phi) is 7.26. The first kappa shape index (κ1) is 18.9. The van der Waals surface area contributed by atoms with Gasteiger partial charge in [0.15, 0.2) is 0 Å². The Balaban J connectivity index is 0.00000242. The molecule has 0 radical (unpaired) electrons. The summed E-state index contributed by atoms with van der Waals surface area (Å²) < 4.78 is 13.4. The molecule has 2 rings (SSSR count). The van der Waals surface area contributed by atoms with Crippen molar-refractivity contribution in [2.45, 2.75) is 32.7 Å². The van der Waals surface area contributed by atoms with Crippen LogP contribution in [0, 0.1) is 18.7 Å². The average Bonchev–Trinajstić information content (AvgIpc) is 2.43. The van der Waals surface area contributed by atoms with E-state index in [1.807, 2.05) is 6.92 Å². The number of anilines is 1. The first-order valence-corrected chi connectivity index (χ1v) is 7.49. The van der Waals surface area contributed by atoms with Crippen LogP contribution in [0.2, 0.25) is 0 Å². The molecule has 1 aromatic rings. The summed E-state index contributed by atoms with van der Waals surface area (Å²) >= 11 is 0. The molecular formula is C16H25ClFN3O. The highest BCUT2D eigenvalue weighted by Gasteiger charge is 2.23. The van der Waals surface area contributed by atoms with Crippen LogP contribution in [0.3, 0.4) is 0 Å². The van der Waals surface area contributed by atoms with Crippen molar-refractivity contribution in [3.8, 4) is 0 Å². The van der Waals surface area contributed by atoms with Gasteiger partial charge in [0.25, 0.3) is 0 Å². The standard InChI is InChI=1S/C16H24FN3O.ClH/c1-11-3-4-14(9-15(11)17)19-16(21)10-20-7-5-13(6-8-20)12(2)18;/h3-4,9,12-13H,5-8,10,18H2,1-2H3,(H,19,21);1H. The van der Waals surface area contributed by atoms with Crippen LogP contribution in [0.1, 0.15) is 25.3 Å². The maximum atomic E-state index is 13.4. The predicted octanol–water partition coefficient (Wildman–Crippen LogP) is 2.55. The Morgan fingerprint density at radius 1 is 1.45 bits per heavy atom. The molecule has 0 aliphatic carbocycles. The Morgan fingerprint density at radius 3 is 2.64 bits per heavy atom. The maximum absolute atomic E-state index is 13.4. The van der Waals surface area contributed by atoms with Gasteiger partial charge in [0, 0.05) is 11.7 Å². The molecule has 1 aromatic carbocycles. The number of carbonyl (C=O) groups is 1. The molecular weight excluding hydrogens is 305 g/mol. The SMILES string of the molecule is Cc1ccc(NC(=O)CN2CCC(C(C)N)CC2)cc1F.Cl. The number of aryl methyl sites for hydroxylation is 1. The van der Waals surface area contributed by atoms with Crippen LogP contribution >= 0.6 is 12.4 Å². The number of nitrogens with two attached hydrogens (primary N) is 1. The number of nitrogens with zero attached hydrogens (tertiary/aromatic N) is 1. The first-order valence-electron chi connectivity index (χ1n) is 7.49. The van der Waals surface area contributed by atoms with Gasteiger partial charge in [-0.3, -0.25) is 9.69 Å². The monoisotopic (exact) mass is 329 g/mol. The van der Waals surface area contributed by atoms with Crippen LogP contribution in [0.4, 0.5) is 10.1 Å². The van der Waals surface area contributed by atoms with Gasteiger partial charge in [-0.2, -0.15) is 0 Å². The molecule has 1 saturated heterocycles. The Hall–Kier alpha value is -1.17. The highest BCUT2D eigenvalue weighted by atomic mass is 35.5. The molecule has 0 saturated carbocycles. The number of benzene rings is 1. The van der Waals surface area contributed by atoms with Crippen LogP contribution < -0.4 is 11.1 Å². The zero-order valence-electron chi connectivity index (χ0n) is 13.1. The largest absolute Gasteiger partial charge is 0.328 e. The highest BCUT2D eigenvalue weighted by Crippen LogP contribution is 2.19. The molecule has 1 heterocycles. The number of carbonyl (C=O) groups excluding carboxylic acids is 1. The van der Waals surface area contributed by atoms with Gasteiger partial charge in [-0.25, -0.2) is 4.39 Å². The number of nitrogens with one attached hydrogen (secondary N) is 1. The minimum Gasteiger partial charge on any atom is -0.328 e. The number of amides is 1. The van der Waals surface area contributed by atoms with E-state index in [4.69, 9.17) is 5.73 Å². The minimum atomic E-state index is -0.300. The van der Waals surface area contributed by atoms with Crippen LogP contribution in [-0.2, 0) is 4.79 Å². The molecule has 3 N–H and O–H groups in total. The summed E-state index contributed by atoms with van der Waals surface area (Å²) in [7, 11) is 0. The van der Waals surface area contributed by atoms with Gasteiger partial charge in [0.2, 0.25) is 5.91 Å². The Labute approximate surface area is 137 Å². The molecule has 1 unspecified atom stereocenters. The van der Waals surface area contributed by atoms with Crippen molar-refractivity contribution in [1.29, 1.82) is 0 Å². The number of hydrogen-bond donors (Lipinski definition) is 2. The van der Waals surface area contributed by atoms with Gasteiger partial charge in [0.1, 0.15) is 5.82 Å². The summed E-state index contributed by atoms with van der Waals surface area (Å²) in [4.78, 5) is 14.1. The fourth-order valence-electron chi connectivity index (χ4n) is 2.71. The van der Waals surface area contributed by atoms with Crippen molar-refractivity contribution in [2.75, 3.05) is 25.0 Å². The molecule has 1 aliphatic rings. The predicted molar refractivity (Wildman–Crippen MR) is 89.8 cm³/mol. The number of rotatable bonds is 4. The fourth-order valence-corrected chi connectivity index (χ4v) is 2.71. The molecule has 22 heavy (non-hydrogen) atoms. The van der Waals surface area contributed by atoms with Crippen molar-refractivity contribution < 1.29 is 9.18 Å². The van der Waals surface area contributed by atoms with Crippen molar-refractivity contribution in [2.24, 2.45) is 11.7 Å². The number of likely N-dealkylation sites (tertiary alicyclic amines) is 1. The van der Waals surface area contributed by atoms with E-state index in [1.54, 1.807) is 19.1 Å². The van der Waals surface area contributed by atoms with Gasteiger partial charge in [-0.05, 0) is 63.4 Å². The lowest BCUT2D eigenvalue weighted by atomic mass is 9.91. The smallest absolute Gasteiger partial charge is 0.238 e. The maximum Gasteiger partial charge on any atom is 0.238 e. The minimum absolute atomic E-state index is 0. The fraction of sp³-hybridized carbons (Fsp3) is 0.562. The third-order valence-corrected chi connectivity index (χ3v) is 4.20. The Bertz CT molecular complexity index is 502. The number of hydrogen-bond acceptors (Lipinski definition) is 3. The lowest BCUT2D eigenvalue weighted by molar-refractivity contribution is -0.117.